The first-order valence-electron chi connectivity index (χ1n) is 11.7. The van der Waals surface area contributed by atoms with Crippen LogP contribution >= 0.6 is 23.1 Å². The molecule has 0 aromatic carbocycles. The first kappa shape index (κ1) is 23.3. The summed E-state index contributed by atoms with van der Waals surface area (Å²) in [5.74, 6) is 2.10. The van der Waals surface area contributed by atoms with Crippen molar-refractivity contribution in [3.05, 3.63) is 21.8 Å². The fourth-order valence-corrected chi connectivity index (χ4v) is 6.60. The highest BCUT2D eigenvalue weighted by Gasteiger charge is 2.34. The Balaban J connectivity index is 1.44. The summed E-state index contributed by atoms with van der Waals surface area (Å²) < 4.78 is 2.21. The molecular weight excluding hydrogens is 438 g/mol. The van der Waals surface area contributed by atoms with Crippen LogP contribution in [0.2, 0.25) is 0 Å². The molecule has 8 heteroatoms. The van der Waals surface area contributed by atoms with Gasteiger partial charge in [-0.2, -0.15) is 5.26 Å². The van der Waals surface area contributed by atoms with Gasteiger partial charge in [-0.3, -0.25) is 4.79 Å². The smallest absolute Gasteiger partial charge is 0.235 e. The summed E-state index contributed by atoms with van der Waals surface area (Å²) in [7, 11) is 0. The molecule has 2 aromatic rings. The minimum Gasteiger partial charge on any atom is -0.316 e. The Labute approximate surface area is 199 Å². The Morgan fingerprint density at radius 1 is 1.34 bits per heavy atom. The first-order valence-corrected chi connectivity index (χ1v) is 13.5. The lowest BCUT2D eigenvalue weighted by Gasteiger charge is -2.36. The molecule has 0 saturated heterocycles. The van der Waals surface area contributed by atoms with Crippen molar-refractivity contribution in [3.8, 4) is 6.07 Å². The van der Waals surface area contributed by atoms with Gasteiger partial charge in [0.05, 0.1) is 11.3 Å². The monoisotopic (exact) mass is 471 g/mol. The van der Waals surface area contributed by atoms with E-state index in [4.69, 9.17) is 0 Å². The maximum atomic E-state index is 12.8. The molecule has 1 N–H and O–H groups in total. The quantitative estimate of drug-likeness (QED) is 0.482. The van der Waals surface area contributed by atoms with Crippen LogP contribution < -0.4 is 5.32 Å². The predicted molar refractivity (Wildman–Crippen MR) is 130 cm³/mol. The molecule has 2 aliphatic rings. The highest BCUT2D eigenvalue weighted by molar-refractivity contribution is 7.99. The SMILES string of the molecule is CCC(C)(C)C1CCc2c(sc(NC(=O)CSc3nnc(C(C)C)n3C3CC3)c2C#N)C1. The number of carbonyl (C=O) groups is 1. The Morgan fingerprint density at radius 3 is 2.72 bits per heavy atom. The van der Waals surface area contributed by atoms with Crippen molar-refractivity contribution in [2.24, 2.45) is 11.3 Å². The van der Waals surface area contributed by atoms with Crippen molar-refractivity contribution < 1.29 is 4.79 Å². The standard InChI is InChI=1S/C24H33N5OS2/c1-6-24(4,5)15-7-10-17-18(12-25)22(32-19(17)11-15)26-20(30)13-31-23-28-27-21(14(2)3)29(23)16-8-9-16/h14-16H,6-11,13H2,1-5H3,(H,26,30). The Morgan fingerprint density at radius 2 is 2.09 bits per heavy atom. The summed E-state index contributed by atoms with van der Waals surface area (Å²) >= 11 is 3.03. The van der Waals surface area contributed by atoms with Gasteiger partial charge in [-0.05, 0) is 49.0 Å². The Kier molecular flexibility index (Phi) is 6.69. The number of fused-ring (bicyclic) bond motifs is 1. The van der Waals surface area contributed by atoms with Gasteiger partial charge in [0.25, 0.3) is 0 Å². The number of amides is 1. The van der Waals surface area contributed by atoms with Crippen LogP contribution in [0.5, 0.6) is 0 Å². The lowest BCUT2D eigenvalue weighted by molar-refractivity contribution is -0.113. The van der Waals surface area contributed by atoms with E-state index in [-0.39, 0.29) is 11.7 Å². The second kappa shape index (κ2) is 9.18. The van der Waals surface area contributed by atoms with E-state index in [0.717, 1.165) is 55.1 Å². The molecule has 2 aliphatic carbocycles. The van der Waals surface area contributed by atoms with Crippen LogP contribution in [0.15, 0.2) is 5.16 Å². The molecule has 1 saturated carbocycles. The molecule has 0 radical (unpaired) electrons. The summed E-state index contributed by atoms with van der Waals surface area (Å²) in [6.45, 7) is 11.2. The third kappa shape index (κ3) is 4.60. The van der Waals surface area contributed by atoms with Crippen LogP contribution in [0.1, 0.15) is 94.1 Å². The van der Waals surface area contributed by atoms with Crippen molar-refractivity contribution in [2.75, 3.05) is 11.1 Å². The molecule has 6 nitrogen and oxygen atoms in total. The molecule has 2 heterocycles. The van der Waals surface area contributed by atoms with E-state index in [9.17, 15) is 10.1 Å². The molecule has 2 aromatic heterocycles. The van der Waals surface area contributed by atoms with Gasteiger partial charge in [0, 0.05) is 16.8 Å². The van der Waals surface area contributed by atoms with Gasteiger partial charge in [-0.15, -0.1) is 21.5 Å². The van der Waals surface area contributed by atoms with E-state index in [0.29, 0.717) is 33.9 Å². The minimum absolute atomic E-state index is 0.0908. The van der Waals surface area contributed by atoms with E-state index >= 15 is 0 Å². The Bertz CT molecular complexity index is 1040. The number of nitriles is 1. The predicted octanol–water partition coefficient (Wildman–Crippen LogP) is 5.94. The number of carbonyl (C=O) groups excluding carboxylic acids is 1. The van der Waals surface area contributed by atoms with Crippen LogP contribution in [-0.4, -0.2) is 26.4 Å². The van der Waals surface area contributed by atoms with E-state index < -0.39 is 0 Å². The summed E-state index contributed by atoms with van der Waals surface area (Å²) in [4.78, 5) is 14.1. The number of hydrogen-bond donors (Lipinski definition) is 1. The fraction of sp³-hybridized carbons (Fsp3) is 0.667. The molecule has 32 heavy (non-hydrogen) atoms. The normalized spacial score (nSPS) is 18.5. The van der Waals surface area contributed by atoms with Crippen molar-refractivity contribution in [3.63, 3.8) is 0 Å². The molecule has 0 bridgehead atoms. The molecule has 1 atom stereocenters. The summed E-state index contributed by atoms with van der Waals surface area (Å²) in [5, 5.41) is 23.1. The number of aromatic nitrogens is 3. The summed E-state index contributed by atoms with van der Waals surface area (Å²) in [5.41, 5.74) is 2.11. The van der Waals surface area contributed by atoms with E-state index in [2.05, 4.69) is 60.8 Å². The highest BCUT2D eigenvalue weighted by Crippen LogP contribution is 2.45. The summed E-state index contributed by atoms with van der Waals surface area (Å²) in [6.07, 6.45) is 6.49. The van der Waals surface area contributed by atoms with E-state index in [1.165, 1.54) is 16.6 Å². The number of rotatable bonds is 8. The maximum Gasteiger partial charge on any atom is 0.235 e. The van der Waals surface area contributed by atoms with Gasteiger partial charge >= 0.3 is 0 Å². The first-order chi connectivity index (χ1) is 15.2. The third-order valence-corrected chi connectivity index (χ3v) is 9.21. The van der Waals surface area contributed by atoms with Crippen LogP contribution in [-0.2, 0) is 17.6 Å². The molecule has 4 rings (SSSR count). The van der Waals surface area contributed by atoms with Gasteiger partial charge in [0.2, 0.25) is 5.91 Å². The third-order valence-electron chi connectivity index (χ3n) is 7.10. The second-order valence-corrected chi connectivity index (χ2v) is 12.1. The molecule has 1 fully saturated rings. The molecule has 1 unspecified atom stereocenters. The second-order valence-electron chi connectivity index (χ2n) is 10.0. The van der Waals surface area contributed by atoms with Crippen molar-refractivity contribution >= 4 is 34.0 Å². The van der Waals surface area contributed by atoms with Gasteiger partial charge < -0.3 is 9.88 Å². The Hall–Kier alpha value is -1.85. The number of thioether (sulfide) groups is 1. The van der Waals surface area contributed by atoms with Crippen molar-refractivity contribution in [2.45, 2.75) is 90.3 Å². The lowest BCUT2D eigenvalue weighted by atomic mass is 9.69. The fourth-order valence-electron chi connectivity index (χ4n) is 4.50. The average Bonchev–Trinajstić information content (AvgIpc) is 3.41. The molecule has 0 aliphatic heterocycles. The zero-order chi connectivity index (χ0) is 23.0. The number of nitrogens with zero attached hydrogens (tertiary/aromatic N) is 4. The zero-order valence-corrected chi connectivity index (χ0v) is 21.3. The highest BCUT2D eigenvalue weighted by atomic mass is 32.2. The molecule has 1 amide bonds. The van der Waals surface area contributed by atoms with Crippen LogP contribution in [0.3, 0.4) is 0 Å². The largest absolute Gasteiger partial charge is 0.316 e. The van der Waals surface area contributed by atoms with Crippen molar-refractivity contribution in [1.29, 1.82) is 5.26 Å². The lowest BCUT2D eigenvalue weighted by Crippen LogP contribution is -2.28. The van der Waals surface area contributed by atoms with Gasteiger partial charge in [0.15, 0.2) is 5.16 Å². The van der Waals surface area contributed by atoms with Crippen LogP contribution in [0.25, 0.3) is 0 Å². The molecule has 0 spiro atoms. The topological polar surface area (TPSA) is 83.6 Å². The number of hydrogen-bond acceptors (Lipinski definition) is 6. The minimum atomic E-state index is -0.0908. The van der Waals surface area contributed by atoms with Crippen molar-refractivity contribution in [1.82, 2.24) is 14.8 Å². The zero-order valence-electron chi connectivity index (χ0n) is 19.7. The number of nitrogens with one attached hydrogen (secondary N) is 1. The van der Waals surface area contributed by atoms with E-state index in [1.54, 1.807) is 11.3 Å². The maximum absolute atomic E-state index is 12.8. The van der Waals surface area contributed by atoms with Gasteiger partial charge in [-0.1, -0.05) is 52.8 Å². The van der Waals surface area contributed by atoms with Crippen LogP contribution in [0, 0.1) is 22.7 Å². The van der Waals surface area contributed by atoms with E-state index in [1.807, 2.05) is 0 Å². The molecular formula is C24H33N5OS2. The number of thiophene rings is 1. The summed E-state index contributed by atoms with van der Waals surface area (Å²) in [6, 6.07) is 2.84. The van der Waals surface area contributed by atoms with Gasteiger partial charge in [-0.25, -0.2) is 0 Å². The average molecular weight is 472 g/mol. The van der Waals surface area contributed by atoms with Crippen LogP contribution in [0.4, 0.5) is 5.00 Å². The molecule has 172 valence electrons. The number of anilines is 1. The van der Waals surface area contributed by atoms with Gasteiger partial charge in [0.1, 0.15) is 16.9 Å².